The molecular formula is C16H16FN3O4. The predicted octanol–water partition coefficient (Wildman–Crippen LogP) is 1.05. The zero-order valence-electron chi connectivity index (χ0n) is 13.2. The Morgan fingerprint density at radius 3 is 2.54 bits per heavy atom. The molecule has 0 aliphatic rings. The molecule has 24 heavy (non-hydrogen) atoms. The number of carbonyl (C=O) groups excluding carboxylic acids is 2. The molecule has 1 heterocycles. The summed E-state index contributed by atoms with van der Waals surface area (Å²) in [4.78, 5) is 35.6. The number of aromatic nitrogens is 2. The molecule has 1 amide bonds. The lowest BCUT2D eigenvalue weighted by atomic mass is 10.3. The lowest BCUT2D eigenvalue weighted by Gasteiger charge is -2.12. The van der Waals surface area contributed by atoms with E-state index >= 15 is 0 Å². The van der Waals surface area contributed by atoms with Crippen LogP contribution in [-0.4, -0.2) is 34.3 Å². The van der Waals surface area contributed by atoms with Crippen LogP contribution in [-0.2, 0) is 9.53 Å². The van der Waals surface area contributed by atoms with Crippen LogP contribution in [0.1, 0.15) is 24.3 Å². The Hall–Kier alpha value is -3.03. The molecule has 2 aromatic rings. The van der Waals surface area contributed by atoms with Crippen molar-refractivity contribution in [2.45, 2.75) is 19.9 Å². The highest BCUT2D eigenvalue weighted by molar-refractivity contribution is 5.94. The number of nitrogens with one attached hydrogen (secondary N) is 1. The molecule has 2 rings (SSSR count). The molecule has 126 valence electrons. The SMILES string of the molecule is CCOC(=O)[C@@H](C)NC(=O)c1ccc(=O)n(-c2ccc(F)cc2)n1. The number of esters is 1. The van der Waals surface area contributed by atoms with Gasteiger partial charge in [-0.2, -0.15) is 9.78 Å². The summed E-state index contributed by atoms with van der Waals surface area (Å²) in [6, 6.07) is 6.65. The normalized spacial score (nSPS) is 11.6. The first-order valence-corrected chi connectivity index (χ1v) is 7.26. The van der Waals surface area contributed by atoms with Crippen molar-refractivity contribution in [2.75, 3.05) is 6.61 Å². The molecule has 1 atom stereocenters. The van der Waals surface area contributed by atoms with Crippen LogP contribution >= 0.6 is 0 Å². The fraction of sp³-hybridized carbons (Fsp3) is 0.250. The van der Waals surface area contributed by atoms with E-state index in [0.717, 1.165) is 4.68 Å². The van der Waals surface area contributed by atoms with Gasteiger partial charge in [0, 0.05) is 6.07 Å². The lowest BCUT2D eigenvalue weighted by Crippen LogP contribution is -2.40. The molecule has 0 unspecified atom stereocenters. The van der Waals surface area contributed by atoms with E-state index in [0.29, 0.717) is 5.69 Å². The van der Waals surface area contributed by atoms with Crippen molar-refractivity contribution < 1.29 is 18.7 Å². The first-order chi connectivity index (χ1) is 11.4. The second-order valence-corrected chi connectivity index (χ2v) is 4.89. The first kappa shape index (κ1) is 17.3. The minimum absolute atomic E-state index is 0.0601. The Morgan fingerprint density at radius 2 is 1.92 bits per heavy atom. The molecular weight excluding hydrogens is 317 g/mol. The average molecular weight is 333 g/mol. The van der Waals surface area contributed by atoms with Crippen molar-refractivity contribution in [3.05, 3.63) is 58.3 Å². The number of hydrogen-bond donors (Lipinski definition) is 1. The monoisotopic (exact) mass is 333 g/mol. The molecule has 8 heteroatoms. The van der Waals surface area contributed by atoms with Crippen LogP contribution in [0.5, 0.6) is 0 Å². The Morgan fingerprint density at radius 1 is 1.25 bits per heavy atom. The third-order valence-electron chi connectivity index (χ3n) is 3.09. The van der Waals surface area contributed by atoms with Gasteiger partial charge in [-0.05, 0) is 44.2 Å². The van der Waals surface area contributed by atoms with Gasteiger partial charge in [0.25, 0.3) is 11.5 Å². The second kappa shape index (κ2) is 7.49. The highest BCUT2D eigenvalue weighted by Crippen LogP contribution is 2.06. The third-order valence-corrected chi connectivity index (χ3v) is 3.09. The van der Waals surface area contributed by atoms with E-state index in [1.807, 2.05) is 0 Å². The maximum absolute atomic E-state index is 13.0. The summed E-state index contributed by atoms with van der Waals surface area (Å²) >= 11 is 0. The number of amides is 1. The highest BCUT2D eigenvalue weighted by Gasteiger charge is 2.19. The lowest BCUT2D eigenvalue weighted by molar-refractivity contribution is -0.144. The van der Waals surface area contributed by atoms with Gasteiger partial charge in [0.05, 0.1) is 12.3 Å². The molecule has 0 aliphatic carbocycles. The number of nitrogens with zero attached hydrogens (tertiary/aromatic N) is 2. The van der Waals surface area contributed by atoms with Gasteiger partial charge in [0.2, 0.25) is 0 Å². The molecule has 7 nitrogen and oxygen atoms in total. The van der Waals surface area contributed by atoms with Gasteiger partial charge in [0.15, 0.2) is 0 Å². The van der Waals surface area contributed by atoms with Crippen LogP contribution in [0.3, 0.4) is 0 Å². The highest BCUT2D eigenvalue weighted by atomic mass is 19.1. The van der Waals surface area contributed by atoms with Gasteiger partial charge in [-0.1, -0.05) is 0 Å². The molecule has 1 aromatic carbocycles. The first-order valence-electron chi connectivity index (χ1n) is 7.26. The third kappa shape index (κ3) is 4.03. The second-order valence-electron chi connectivity index (χ2n) is 4.89. The number of ether oxygens (including phenoxy) is 1. The largest absolute Gasteiger partial charge is 0.464 e. The number of rotatable bonds is 5. The van der Waals surface area contributed by atoms with Gasteiger partial charge in [-0.3, -0.25) is 9.59 Å². The Kier molecular flexibility index (Phi) is 5.41. The van der Waals surface area contributed by atoms with E-state index < -0.39 is 29.3 Å². The summed E-state index contributed by atoms with van der Waals surface area (Å²) in [6.07, 6.45) is 0. The van der Waals surface area contributed by atoms with Gasteiger partial charge in [-0.25, -0.2) is 9.18 Å². The molecule has 0 saturated heterocycles. The summed E-state index contributed by atoms with van der Waals surface area (Å²) in [5, 5.41) is 6.38. The van der Waals surface area contributed by atoms with Crippen LogP contribution in [0.4, 0.5) is 4.39 Å². The number of halogens is 1. The summed E-state index contributed by atoms with van der Waals surface area (Å²) in [5.74, 6) is -1.66. The van der Waals surface area contributed by atoms with Crippen LogP contribution in [0.15, 0.2) is 41.2 Å². The molecule has 0 radical (unpaired) electrons. The van der Waals surface area contributed by atoms with Crippen LogP contribution < -0.4 is 10.9 Å². The summed E-state index contributed by atoms with van der Waals surface area (Å²) in [6.45, 7) is 3.34. The van der Waals surface area contributed by atoms with Gasteiger partial charge >= 0.3 is 5.97 Å². The number of carbonyl (C=O) groups is 2. The average Bonchev–Trinajstić information content (AvgIpc) is 2.56. The minimum Gasteiger partial charge on any atom is -0.464 e. The van der Waals surface area contributed by atoms with E-state index in [9.17, 15) is 18.8 Å². The van der Waals surface area contributed by atoms with E-state index in [-0.39, 0.29) is 12.3 Å². The molecule has 0 saturated carbocycles. The fourth-order valence-electron chi connectivity index (χ4n) is 1.90. The topological polar surface area (TPSA) is 90.3 Å². The molecule has 0 fully saturated rings. The molecule has 0 bridgehead atoms. The maximum atomic E-state index is 13.0. The van der Waals surface area contributed by atoms with Crippen LogP contribution in [0.2, 0.25) is 0 Å². The Bertz CT molecular complexity index is 802. The fourth-order valence-corrected chi connectivity index (χ4v) is 1.90. The van der Waals surface area contributed by atoms with Crippen molar-refractivity contribution in [1.29, 1.82) is 0 Å². The van der Waals surface area contributed by atoms with Crippen molar-refractivity contribution in [3.8, 4) is 5.69 Å². The van der Waals surface area contributed by atoms with Gasteiger partial charge in [0.1, 0.15) is 17.6 Å². The van der Waals surface area contributed by atoms with E-state index in [4.69, 9.17) is 4.74 Å². The quantitative estimate of drug-likeness (QED) is 0.826. The number of benzene rings is 1. The Balaban J connectivity index is 2.24. The van der Waals surface area contributed by atoms with Crippen molar-refractivity contribution in [3.63, 3.8) is 0 Å². The maximum Gasteiger partial charge on any atom is 0.328 e. The molecule has 1 N–H and O–H groups in total. The molecule has 0 spiro atoms. The molecule has 1 aromatic heterocycles. The van der Waals surface area contributed by atoms with E-state index in [1.165, 1.54) is 43.3 Å². The van der Waals surface area contributed by atoms with Crippen molar-refractivity contribution >= 4 is 11.9 Å². The zero-order chi connectivity index (χ0) is 17.7. The van der Waals surface area contributed by atoms with Gasteiger partial charge < -0.3 is 10.1 Å². The molecule has 0 aliphatic heterocycles. The summed E-state index contributed by atoms with van der Waals surface area (Å²) in [5.41, 5.74) is -0.221. The van der Waals surface area contributed by atoms with Crippen molar-refractivity contribution in [2.24, 2.45) is 0 Å². The summed E-state index contributed by atoms with van der Waals surface area (Å²) in [7, 11) is 0. The zero-order valence-corrected chi connectivity index (χ0v) is 13.2. The van der Waals surface area contributed by atoms with E-state index in [2.05, 4.69) is 10.4 Å². The predicted molar refractivity (Wildman–Crippen MR) is 83.4 cm³/mol. The number of hydrogen-bond acceptors (Lipinski definition) is 5. The minimum atomic E-state index is -0.856. The smallest absolute Gasteiger partial charge is 0.328 e. The van der Waals surface area contributed by atoms with Crippen molar-refractivity contribution in [1.82, 2.24) is 15.1 Å². The van der Waals surface area contributed by atoms with E-state index in [1.54, 1.807) is 6.92 Å². The standard InChI is InChI=1S/C16H16FN3O4/c1-3-24-16(23)10(2)18-15(22)13-8-9-14(21)20(19-13)12-6-4-11(17)5-7-12/h4-10H,3H2,1-2H3,(H,18,22)/t10-/m1/s1. The van der Waals surface area contributed by atoms with Gasteiger partial charge in [-0.15, -0.1) is 0 Å². The van der Waals surface area contributed by atoms with Crippen LogP contribution in [0.25, 0.3) is 5.69 Å². The Labute approximate surface area is 137 Å². The summed E-state index contributed by atoms with van der Waals surface area (Å²) < 4.78 is 18.8. The van der Waals surface area contributed by atoms with Crippen LogP contribution in [0, 0.1) is 5.82 Å².